The van der Waals surface area contributed by atoms with Gasteiger partial charge in [0, 0.05) is 44.6 Å². The van der Waals surface area contributed by atoms with Gasteiger partial charge in [-0.15, -0.1) is 0 Å². The van der Waals surface area contributed by atoms with Gasteiger partial charge in [0.25, 0.3) is 0 Å². The third kappa shape index (κ3) is 3.32. The molecule has 0 unspecified atom stereocenters. The zero-order valence-corrected chi connectivity index (χ0v) is 17.7. The van der Waals surface area contributed by atoms with Crippen LogP contribution in [-0.4, -0.2) is 67.2 Å². The van der Waals surface area contributed by atoms with E-state index in [0.717, 1.165) is 23.4 Å². The van der Waals surface area contributed by atoms with Crippen LogP contribution in [0.5, 0.6) is 0 Å². The average molecular weight is 443 g/mol. The van der Waals surface area contributed by atoms with E-state index in [1.807, 2.05) is 23.8 Å². The van der Waals surface area contributed by atoms with Crippen LogP contribution in [0.1, 0.15) is 5.82 Å². The highest BCUT2D eigenvalue weighted by molar-refractivity contribution is 7.89. The third-order valence-corrected chi connectivity index (χ3v) is 7.48. The molecule has 0 bridgehead atoms. The summed E-state index contributed by atoms with van der Waals surface area (Å²) in [5.41, 5.74) is 1.03. The minimum atomic E-state index is -3.65. The molecule has 0 N–H and O–H groups in total. The molecule has 0 spiro atoms. The van der Waals surface area contributed by atoms with E-state index in [1.165, 1.54) is 4.31 Å². The Bertz CT molecular complexity index is 1290. The predicted molar refractivity (Wildman–Crippen MR) is 112 cm³/mol. The Morgan fingerprint density at radius 3 is 2.60 bits per heavy atom. The number of aromatic nitrogens is 6. The maximum atomic E-state index is 13.2. The van der Waals surface area contributed by atoms with E-state index in [2.05, 4.69) is 28.6 Å². The first-order valence-corrected chi connectivity index (χ1v) is 11.5. The minimum Gasteiger partial charge on any atom is -0.354 e. The standard InChI is InChI=1S/C18H18N8O2S2/c1-13-20-16(11-17(21-13)25-6-5-19-12-25)24-7-9-26(10-8-24)30(27,28)15-4-2-3-14-18(15)23-29-22-14/h2-6,11-12H,7-10H2,1H3. The van der Waals surface area contributed by atoms with Gasteiger partial charge in [0.15, 0.2) is 0 Å². The second-order valence-electron chi connectivity index (χ2n) is 6.88. The summed E-state index contributed by atoms with van der Waals surface area (Å²) in [6, 6.07) is 6.95. The van der Waals surface area contributed by atoms with Crippen LogP contribution in [0, 0.1) is 6.92 Å². The number of imidazole rings is 1. The fourth-order valence-electron chi connectivity index (χ4n) is 3.51. The summed E-state index contributed by atoms with van der Waals surface area (Å²) in [6.07, 6.45) is 5.20. The van der Waals surface area contributed by atoms with Gasteiger partial charge in [-0.2, -0.15) is 13.1 Å². The number of benzene rings is 1. The zero-order valence-electron chi connectivity index (χ0n) is 16.1. The molecule has 1 aliphatic heterocycles. The fourth-order valence-corrected chi connectivity index (χ4v) is 5.69. The first-order valence-electron chi connectivity index (χ1n) is 9.33. The van der Waals surface area contributed by atoms with E-state index in [4.69, 9.17) is 0 Å². The highest BCUT2D eigenvalue weighted by Gasteiger charge is 2.31. The van der Waals surface area contributed by atoms with Crippen LogP contribution in [0.15, 0.2) is 47.9 Å². The van der Waals surface area contributed by atoms with Gasteiger partial charge in [0.05, 0.1) is 11.7 Å². The summed E-state index contributed by atoms with van der Waals surface area (Å²) in [4.78, 5) is 15.3. The molecule has 30 heavy (non-hydrogen) atoms. The van der Waals surface area contributed by atoms with Crippen LogP contribution in [0.3, 0.4) is 0 Å². The molecule has 1 fully saturated rings. The monoisotopic (exact) mass is 442 g/mol. The quantitative estimate of drug-likeness (QED) is 0.467. The van der Waals surface area contributed by atoms with E-state index in [1.54, 1.807) is 30.7 Å². The van der Waals surface area contributed by atoms with Crippen molar-refractivity contribution in [1.29, 1.82) is 0 Å². The van der Waals surface area contributed by atoms with E-state index < -0.39 is 10.0 Å². The molecule has 1 aromatic carbocycles. The maximum Gasteiger partial charge on any atom is 0.245 e. The topological polar surface area (TPSA) is 110 Å². The summed E-state index contributed by atoms with van der Waals surface area (Å²) in [7, 11) is -3.65. The SMILES string of the molecule is Cc1nc(N2CCN(S(=O)(=O)c3cccc4nsnc34)CC2)cc(-n2ccnc2)n1. The van der Waals surface area contributed by atoms with Crippen molar-refractivity contribution < 1.29 is 8.42 Å². The van der Waals surface area contributed by atoms with Crippen molar-refractivity contribution in [3.63, 3.8) is 0 Å². The fraction of sp³-hybridized carbons (Fsp3) is 0.278. The molecule has 154 valence electrons. The van der Waals surface area contributed by atoms with Crippen LogP contribution in [0.4, 0.5) is 5.82 Å². The smallest absolute Gasteiger partial charge is 0.245 e. The van der Waals surface area contributed by atoms with E-state index >= 15 is 0 Å². The number of nitrogens with zero attached hydrogens (tertiary/aromatic N) is 8. The first kappa shape index (κ1) is 19.0. The Morgan fingerprint density at radius 1 is 1.03 bits per heavy atom. The number of aryl methyl sites for hydroxylation is 1. The van der Waals surface area contributed by atoms with Gasteiger partial charge in [-0.3, -0.25) is 4.57 Å². The lowest BCUT2D eigenvalue weighted by molar-refractivity contribution is 0.384. The largest absolute Gasteiger partial charge is 0.354 e. The van der Waals surface area contributed by atoms with Gasteiger partial charge < -0.3 is 4.90 Å². The maximum absolute atomic E-state index is 13.2. The van der Waals surface area contributed by atoms with Crippen molar-refractivity contribution in [3.05, 3.63) is 48.8 Å². The minimum absolute atomic E-state index is 0.211. The summed E-state index contributed by atoms with van der Waals surface area (Å²) in [5.74, 6) is 2.15. The van der Waals surface area contributed by atoms with Gasteiger partial charge in [-0.1, -0.05) is 6.07 Å². The molecule has 5 rings (SSSR count). The van der Waals surface area contributed by atoms with Gasteiger partial charge in [0.1, 0.15) is 39.7 Å². The lowest BCUT2D eigenvalue weighted by Crippen LogP contribution is -2.49. The molecule has 12 heteroatoms. The van der Waals surface area contributed by atoms with Gasteiger partial charge in [-0.05, 0) is 19.1 Å². The normalized spacial score (nSPS) is 15.7. The molecular formula is C18H18N8O2S2. The van der Waals surface area contributed by atoms with Crippen LogP contribution >= 0.6 is 11.7 Å². The second-order valence-corrected chi connectivity index (χ2v) is 9.32. The van der Waals surface area contributed by atoms with Crippen molar-refractivity contribution in [2.24, 2.45) is 0 Å². The van der Waals surface area contributed by atoms with Crippen molar-refractivity contribution in [2.45, 2.75) is 11.8 Å². The number of piperazine rings is 1. The lowest BCUT2D eigenvalue weighted by Gasteiger charge is -2.34. The van der Waals surface area contributed by atoms with Crippen LogP contribution in [-0.2, 0) is 10.0 Å². The van der Waals surface area contributed by atoms with Crippen LogP contribution < -0.4 is 4.90 Å². The third-order valence-electron chi connectivity index (χ3n) is 5.01. The number of rotatable bonds is 4. The Morgan fingerprint density at radius 2 is 1.83 bits per heavy atom. The van der Waals surface area contributed by atoms with E-state index in [-0.39, 0.29) is 4.90 Å². The molecule has 0 saturated carbocycles. The molecule has 4 heterocycles. The molecule has 0 aliphatic carbocycles. The number of sulfonamides is 1. The van der Waals surface area contributed by atoms with Gasteiger partial charge in [0.2, 0.25) is 10.0 Å². The van der Waals surface area contributed by atoms with Crippen LogP contribution in [0.2, 0.25) is 0 Å². The molecule has 4 aromatic rings. The van der Waals surface area contributed by atoms with E-state index in [9.17, 15) is 8.42 Å². The molecule has 3 aromatic heterocycles. The summed E-state index contributed by atoms with van der Waals surface area (Å²) >= 11 is 1.02. The first-order chi connectivity index (χ1) is 14.5. The van der Waals surface area contributed by atoms with Gasteiger partial charge in [-0.25, -0.2) is 23.4 Å². The molecule has 1 saturated heterocycles. The summed E-state index contributed by atoms with van der Waals surface area (Å²) in [6.45, 7) is 3.63. The van der Waals surface area contributed by atoms with Gasteiger partial charge >= 0.3 is 0 Å². The molecule has 0 amide bonds. The number of hydrogen-bond acceptors (Lipinski definition) is 9. The lowest BCUT2D eigenvalue weighted by atomic mass is 10.3. The predicted octanol–water partition coefficient (Wildman–Crippen LogP) is 1.49. The Kier molecular flexibility index (Phi) is 4.68. The van der Waals surface area contributed by atoms with E-state index in [0.29, 0.717) is 43.0 Å². The summed E-state index contributed by atoms with van der Waals surface area (Å²) in [5, 5.41) is 0. The molecule has 0 radical (unpaired) electrons. The zero-order chi connectivity index (χ0) is 20.7. The number of fused-ring (bicyclic) bond motifs is 1. The molecule has 1 aliphatic rings. The Balaban J connectivity index is 1.37. The highest BCUT2D eigenvalue weighted by atomic mass is 32.2. The molecule has 0 atom stereocenters. The van der Waals surface area contributed by atoms with Crippen molar-refractivity contribution >= 4 is 38.6 Å². The molecular weight excluding hydrogens is 424 g/mol. The Hall–Kier alpha value is -2.96. The van der Waals surface area contributed by atoms with Crippen molar-refractivity contribution in [1.82, 2.24) is 32.6 Å². The number of hydrogen-bond donors (Lipinski definition) is 0. The highest BCUT2D eigenvalue weighted by Crippen LogP contribution is 2.26. The average Bonchev–Trinajstić information content (AvgIpc) is 3.45. The second kappa shape index (κ2) is 7.38. The molecule has 10 nitrogen and oxygen atoms in total. The Labute approximate surface area is 177 Å². The van der Waals surface area contributed by atoms with Crippen molar-refractivity contribution in [2.75, 3.05) is 31.1 Å². The van der Waals surface area contributed by atoms with Crippen molar-refractivity contribution in [3.8, 4) is 5.82 Å². The summed E-state index contributed by atoms with van der Waals surface area (Å²) < 4.78 is 38.1. The van der Waals surface area contributed by atoms with Crippen LogP contribution in [0.25, 0.3) is 16.9 Å². The number of anilines is 1.